The molecule has 7 heteroatoms. The van der Waals surface area contributed by atoms with Gasteiger partial charge in [0.05, 0.1) is 18.8 Å². The first-order chi connectivity index (χ1) is 14.2. The molecule has 0 spiro atoms. The standard InChI is InChI=1S/C22H34FN3O3/c1-16(18-6-7-21(20(23)14-18)29-15-17-4-5-17)26-22(24-2)25-10-3-11-28-19-8-12-27-13-9-19/h6-7,14,16-17,19H,3-5,8-13,15H2,1-2H3,(H2,24,25,26). The van der Waals surface area contributed by atoms with Crippen LogP contribution in [-0.2, 0) is 9.47 Å². The van der Waals surface area contributed by atoms with Gasteiger partial charge in [-0.2, -0.15) is 0 Å². The maximum atomic E-state index is 14.3. The van der Waals surface area contributed by atoms with Crippen LogP contribution in [0.4, 0.5) is 4.39 Å². The molecule has 2 aliphatic rings. The molecule has 0 bridgehead atoms. The molecule has 2 N–H and O–H groups in total. The number of hydrogen-bond acceptors (Lipinski definition) is 4. The summed E-state index contributed by atoms with van der Waals surface area (Å²) in [4.78, 5) is 4.26. The number of aliphatic imine (C=N–C) groups is 1. The van der Waals surface area contributed by atoms with Crippen molar-refractivity contribution in [3.63, 3.8) is 0 Å². The molecular weight excluding hydrogens is 373 g/mol. The highest BCUT2D eigenvalue weighted by molar-refractivity contribution is 5.80. The largest absolute Gasteiger partial charge is 0.490 e. The zero-order valence-electron chi connectivity index (χ0n) is 17.6. The summed E-state index contributed by atoms with van der Waals surface area (Å²) < 4.78 is 31.1. The van der Waals surface area contributed by atoms with Gasteiger partial charge < -0.3 is 24.8 Å². The number of ether oxygens (including phenoxy) is 3. The fourth-order valence-electron chi connectivity index (χ4n) is 3.25. The smallest absolute Gasteiger partial charge is 0.191 e. The highest BCUT2D eigenvalue weighted by atomic mass is 19.1. The number of benzene rings is 1. The topological polar surface area (TPSA) is 64.1 Å². The van der Waals surface area contributed by atoms with Crippen molar-refractivity contribution in [1.82, 2.24) is 10.6 Å². The van der Waals surface area contributed by atoms with E-state index in [4.69, 9.17) is 14.2 Å². The van der Waals surface area contributed by atoms with Crippen LogP contribution < -0.4 is 15.4 Å². The van der Waals surface area contributed by atoms with E-state index >= 15 is 0 Å². The second-order valence-corrected chi connectivity index (χ2v) is 7.85. The monoisotopic (exact) mass is 407 g/mol. The Morgan fingerprint density at radius 3 is 2.76 bits per heavy atom. The third kappa shape index (κ3) is 7.48. The number of guanidine groups is 1. The predicted molar refractivity (Wildman–Crippen MR) is 112 cm³/mol. The van der Waals surface area contributed by atoms with Gasteiger partial charge in [-0.05, 0) is 62.6 Å². The molecule has 1 unspecified atom stereocenters. The zero-order valence-corrected chi connectivity index (χ0v) is 17.6. The highest BCUT2D eigenvalue weighted by Gasteiger charge is 2.22. The van der Waals surface area contributed by atoms with E-state index in [1.54, 1.807) is 13.1 Å². The van der Waals surface area contributed by atoms with E-state index in [1.807, 2.05) is 13.0 Å². The zero-order chi connectivity index (χ0) is 20.5. The first-order valence-corrected chi connectivity index (χ1v) is 10.7. The van der Waals surface area contributed by atoms with E-state index in [0.29, 0.717) is 30.3 Å². The van der Waals surface area contributed by atoms with Crippen LogP contribution in [0.5, 0.6) is 5.75 Å². The van der Waals surface area contributed by atoms with Crippen LogP contribution in [0.1, 0.15) is 50.6 Å². The molecule has 1 aromatic carbocycles. The van der Waals surface area contributed by atoms with Crippen molar-refractivity contribution >= 4 is 5.96 Å². The lowest BCUT2D eigenvalue weighted by molar-refractivity contribution is -0.0320. The summed E-state index contributed by atoms with van der Waals surface area (Å²) in [6, 6.07) is 5.08. The summed E-state index contributed by atoms with van der Waals surface area (Å²) in [5, 5.41) is 6.59. The molecule has 1 aliphatic heterocycles. The number of nitrogens with zero attached hydrogens (tertiary/aromatic N) is 1. The van der Waals surface area contributed by atoms with Crippen molar-refractivity contribution in [3.05, 3.63) is 29.6 Å². The Morgan fingerprint density at radius 1 is 1.28 bits per heavy atom. The lowest BCUT2D eigenvalue weighted by Crippen LogP contribution is -2.39. The van der Waals surface area contributed by atoms with Crippen LogP contribution >= 0.6 is 0 Å². The van der Waals surface area contributed by atoms with Crippen LogP contribution in [0.25, 0.3) is 0 Å². The SMILES string of the molecule is CN=C(NCCCOC1CCOCC1)NC(C)c1ccc(OCC2CC2)c(F)c1. The van der Waals surface area contributed by atoms with Gasteiger partial charge in [-0.1, -0.05) is 6.07 Å². The van der Waals surface area contributed by atoms with E-state index in [-0.39, 0.29) is 11.9 Å². The predicted octanol–water partition coefficient (Wildman–Crippen LogP) is 3.43. The average molecular weight is 408 g/mol. The minimum atomic E-state index is -0.315. The Hall–Kier alpha value is -1.86. The van der Waals surface area contributed by atoms with Crippen molar-refractivity contribution in [2.75, 3.05) is 40.0 Å². The molecule has 0 aromatic heterocycles. The molecule has 3 rings (SSSR count). The minimum Gasteiger partial charge on any atom is -0.490 e. The van der Waals surface area contributed by atoms with Crippen LogP contribution in [0, 0.1) is 11.7 Å². The van der Waals surface area contributed by atoms with Gasteiger partial charge in [-0.25, -0.2) is 4.39 Å². The molecule has 162 valence electrons. The second kappa shape index (κ2) is 11.4. The Balaban J connectivity index is 1.37. The van der Waals surface area contributed by atoms with E-state index in [2.05, 4.69) is 15.6 Å². The van der Waals surface area contributed by atoms with Crippen molar-refractivity contribution in [2.45, 2.75) is 51.2 Å². The molecule has 0 radical (unpaired) electrons. The van der Waals surface area contributed by atoms with Crippen LogP contribution in [0.2, 0.25) is 0 Å². The van der Waals surface area contributed by atoms with E-state index in [0.717, 1.165) is 51.2 Å². The van der Waals surface area contributed by atoms with Gasteiger partial charge in [0, 0.05) is 33.4 Å². The summed E-state index contributed by atoms with van der Waals surface area (Å²) in [7, 11) is 1.73. The minimum absolute atomic E-state index is 0.0772. The maximum absolute atomic E-state index is 14.3. The van der Waals surface area contributed by atoms with Gasteiger partial charge in [-0.15, -0.1) is 0 Å². The molecule has 1 aliphatic carbocycles. The van der Waals surface area contributed by atoms with Gasteiger partial charge in [0.1, 0.15) is 0 Å². The van der Waals surface area contributed by atoms with Gasteiger partial charge >= 0.3 is 0 Å². The number of halogens is 1. The lowest BCUT2D eigenvalue weighted by atomic mass is 10.1. The number of nitrogens with one attached hydrogen (secondary N) is 2. The molecule has 6 nitrogen and oxygen atoms in total. The quantitative estimate of drug-likeness (QED) is 0.353. The molecule has 1 saturated heterocycles. The van der Waals surface area contributed by atoms with Crippen molar-refractivity contribution in [2.24, 2.45) is 10.9 Å². The summed E-state index contributed by atoms with van der Waals surface area (Å²) >= 11 is 0. The average Bonchev–Trinajstić information content (AvgIpc) is 3.57. The molecular formula is C22H34FN3O3. The second-order valence-electron chi connectivity index (χ2n) is 7.85. The van der Waals surface area contributed by atoms with Crippen LogP contribution in [0.3, 0.4) is 0 Å². The fourth-order valence-corrected chi connectivity index (χ4v) is 3.25. The van der Waals surface area contributed by atoms with Gasteiger partial charge in [0.2, 0.25) is 0 Å². The van der Waals surface area contributed by atoms with E-state index in [9.17, 15) is 4.39 Å². The van der Waals surface area contributed by atoms with Gasteiger partial charge in [-0.3, -0.25) is 4.99 Å². The molecule has 2 fully saturated rings. The first kappa shape index (κ1) is 21.8. The first-order valence-electron chi connectivity index (χ1n) is 10.7. The third-order valence-electron chi connectivity index (χ3n) is 5.34. The van der Waals surface area contributed by atoms with Crippen molar-refractivity contribution in [3.8, 4) is 5.75 Å². The third-order valence-corrected chi connectivity index (χ3v) is 5.34. The van der Waals surface area contributed by atoms with Crippen molar-refractivity contribution < 1.29 is 18.6 Å². The number of rotatable bonds is 10. The molecule has 29 heavy (non-hydrogen) atoms. The van der Waals surface area contributed by atoms with Gasteiger partial charge in [0.15, 0.2) is 17.5 Å². The van der Waals surface area contributed by atoms with Crippen molar-refractivity contribution in [1.29, 1.82) is 0 Å². The van der Waals surface area contributed by atoms with Crippen LogP contribution in [0.15, 0.2) is 23.2 Å². The Bertz CT molecular complexity index is 661. The fraction of sp³-hybridized carbons (Fsp3) is 0.682. The van der Waals surface area contributed by atoms with E-state index in [1.165, 1.54) is 18.9 Å². The molecule has 1 aromatic rings. The normalized spacial score (nSPS) is 19.1. The molecule has 1 atom stereocenters. The Labute approximate surface area is 173 Å². The van der Waals surface area contributed by atoms with Crippen LogP contribution in [-0.4, -0.2) is 52.1 Å². The summed E-state index contributed by atoms with van der Waals surface area (Å²) in [6.45, 7) is 5.67. The molecule has 0 amide bonds. The Morgan fingerprint density at radius 2 is 2.07 bits per heavy atom. The highest BCUT2D eigenvalue weighted by Crippen LogP contribution is 2.30. The summed E-state index contributed by atoms with van der Waals surface area (Å²) in [5.41, 5.74) is 0.854. The Kier molecular flexibility index (Phi) is 8.55. The summed E-state index contributed by atoms with van der Waals surface area (Å²) in [5.74, 6) is 1.31. The van der Waals surface area contributed by atoms with Gasteiger partial charge in [0.25, 0.3) is 0 Å². The molecule has 1 heterocycles. The van der Waals surface area contributed by atoms with E-state index < -0.39 is 0 Å². The maximum Gasteiger partial charge on any atom is 0.191 e. The molecule has 1 saturated carbocycles. The summed E-state index contributed by atoms with van der Waals surface area (Å²) in [6.07, 6.45) is 5.56. The lowest BCUT2D eigenvalue weighted by Gasteiger charge is -2.22. The number of hydrogen-bond donors (Lipinski definition) is 2.